The van der Waals surface area contributed by atoms with Crippen LogP contribution in [0.4, 0.5) is 4.39 Å². The molecule has 21 heavy (non-hydrogen) atoms. The van der Waals surface area contributed by atoms with Gasteiger partial charge in [-0.25, -0.2) is 4.39 Å². The van der Waals surface area contributed by atoms with Crippen LogP contribution in [0.2, 0.25) is 0 Å². The summed E-state index contributed by atoms with van der Waals surface area (Å²) in [5.74, 6) is 0.387. The van der Waals surface area contributed by atoms with E-state index in [2.05, 4.69) is 10.6 Å². The van der Waals surface area contributed by atoms with Gasteiger partial charge in [-0.1, -0.05) is 12.1 Å². The molecule has 0 aliphatic rings. The van der Waals surface area contributed by atoms with Gasteiger partial charge in [0, 0.05) is 6.54 Å². The van der Waals surface area contributed by atoms with Gasteiger partial charge in [-0.2, -0.15) is 0 Å². The predicted molar refractivity (Wildman–Crippen MR) is 78.0 cm³/mol. The number of benzene rings is 1. The third kappa shape index (κ3) is 4.43. The second-order valence-corrected chi connectivity index (χ2v) is 4.98. The van der Waals surface area contributed by atoms with E-state index >= 15 is 0 Å². The van der Waals surface area contributed by atoms with Gasteiger partial charge in [0.1, 0.15) is 11.6 Å². The van der Waals surface area contributed by atoms with Crippen LogP contribution in [-0.2, 0) is 17.9 Å². The molecule has 0 bridgehead atoms. The Hall–Kier alpha value is -2.14. The van der Waals surface area contributed by atoms with Crippen LogP contribution in [0.3, 0.4) is 0 Å². The second-order valence-electron chi connectivity index (χ2n) is 4.98. The molecule has 1 heterocycles. The number of carbonyl (C=O) groups excluding carboxylic acids is 1. The topological polar surface area (TPSA) is 54.3 Å². The summed E-state index contributed by atoms with van der Waals surface area (Å²) in [7, 11) is 0. The van der Waals surface area contributed by atoms with Crippen LogP contribution in [0.5, 0.6) is 0 Å². The average molecular weight is 290 g/mol. The Morgan fingerprint density at radius 3 is 2.81 bits per heavy atom. The number of carbonyl (C=O) groups is 1. The summed E-state index contributed by atoms with van der Waals surface area (Å²) in [4.78, 5) is 11.9. The number of rotatable bonds is 6. The van der Waals surface area contributed by atoms with Crippen LogP contribution in [0, 0.1) is 12.7 Å². The molecule has 5 heteroatoms. The van der Waals surface area contributed by atoms with Crippen molar-refractivity contribution >= 4 is 5.91 Å². The minimum Gasteiger partial charge on any atom is -0.467 e. The standard InChI is InChI=1S/C16H19FN2O2/c1-11-8-13(5-6-15(11)17)9-18-12(2)16(20)19-10-14-4-3-7-21-14/h3-8,12,18H,9-10H2,1-2H3,(H,19,20). The Bertz CT molecular complexity index is 596. The van der Waals surface area contributed by atoms with Crippen LogP contribution < -0.4 is 10.6 Å². The van der Waals surface area contributed by atoms with Gasteiger partial charge in [0.15, 0.2) is 0 Å². The highest BCUT2D eigenvalue weighted by Gasteiger charge is 2.12. The molecule has 1 amide bonds. The molecule has 2 N–H and O–H groups in total. The summed E-state index contributed by atoms with van der Waals surface area (Å²) in [5, 5.41) is 5.90. The van der Waals surface area contributed by atoms with Gasteiger partial charge in [0.2, 0.25) is 5.91 Å². The molecule has 0 spiro atoms. The van der Waals surface area contributed by atoms with E-state index in [1.807, 2.05) is 0 Å². The van der Waals surface area contributed by atoms with Crippen molar-refractivity contribution in [2.75, 3.05) is 0 Å². The maximum atomic E-state index is 13.2. The van der Waals surface area contributed by atoms with E-state index in [-0.39, 0.29) is 17.8 Å². The lowest BCUT2D eigenvalue weighted by atomic mass is 10.1. The summed E-state index contributed by atoms with van der Waals surface area (Å²) in [6.07, 6.45) is 1.57. The van der Waals surface area contributed by atoms with Crippen LogP contribution in [0.1, 0.15) is 23.8 Å². The number of hydrogen-bond donors (Lipinski definition) is 2. The highest BCUT2D eigenvalue weighted by molar-refractivity contribution is 5.81. The van der Waals surface area contributed by atoms with Gasteiger partial charge in [0.05, 0.1) is 18.8 Å². The van der Waals surface area contributed by atoms with E-state index in [1.54, 1.807) is 44.4 Å². The van der Waals surface area contributed by atoms with Crippen molar-refractivity contribution in [2.24, 2.45) is 0 Å². The van der Waals surface area contributed by atoms with Gasteiger partial charge in [-0.15, -0.1) is 0 Å². The van der Waals surface area contributed by atoms with E-state index in [1.165, 1.54) is 6.07 Å². The minimum absolute atomic E-state index is 0.106. The van der Waals surface area contributed by atoms with Crippen molar-refractivity contribution in [2.45, 2.75) is 33.0 Å². The van der Waals surface area contributed by atoms with Crippen molar-refractivity contribution in [3.8, 4) is 0 Å². The van der Waals surface area contributed by atoms with Gasteiger partial charge in [-0.05, 0) is 43.2 Å². The smallest absolute Gasteiger partial charge is 0.237 e. The molecule has 112 valence electrons. The maximum Gasteiger partial charge on any atom is 0.237 e. The van der Waals surface area contributed by atoms with Crippen LogP contribution in [0.15, 0.2) is 41.0 Å². The molecule has 0 fully saturated rings. The zero-order chi connectivity index (χ0) is 15.2. The Kier molecular flexibility index (Phi) is 5.11. The lowest BCUT2D eigenvalue weighted by Crippen LogP contribution is -2.41. The fraction of sp³-hybridized carbons (Fsp3) is 0.312. The molecule has 1 aromatic carbocycles. The lowest BCUT2D eigenvalue weighted by Gasteiger charge is -2.14. The third-order valence-corrected chi connectivity index (χ3v) is 3.24. The van der Waals surface area contributed by atoms with Crippen LogP contribution in [-0.4, -0.2) is 11.9 Å². The summed E-state index contributed by atoms with van der Waals surface area (Å²) in [6.45, 7) is 4.39. The number of furan rings is 1. The Morgan fingerprint density at radius 1 is 1.33 bits per heavy atom. The van der Waals surface area contributed by atoms with Crippen molar-refractivity contribution in [3.63, 3.8) is 0 Å². The molecular weight excluding hydrogens is 271 g/mol. The number of aryl methyl sites for hydroxylation is 1. The van der Waals surface area contributed by atoms with Gasteiger partial charge in [-0.3, -0.25) is 4.79 Å². The monoisotopic (exact) mass is 290 g/mol. The largest absolute Gasteiger partial charge is 0.467 e. The predicted octanol–water partition coefficient (Wildman–Crippen LogP) is 2.52. The van der Waals surface area contributed by atoms with E-state index in [9.17, 15) is 9.18 Å². The fourth-order valence-corrected chi connectivity index (χ4v) is 1.92. The number of halogens is 1. The van der Waals surface area contributed by atoms with Crippen molar-refractivity contribution in [1.82, 2.24) is 10.6 Å². The van der Waals surface area contributed by atoms with Gasteiger partial charge < -0.3 is 15.1 Å². The lowest BCUT2D eigenvalue weighted by molar-refractivity contribution is -0.123. The molecule has 0 aliphatic heterocycles. The molecular formula is C16H19FN2O2. The third-order valence-electron chi connectivity index (χ3n) is 3.24. The second kappa shape index (κ2) is 7.04. The summed E-state index contributed by atoms with van der Waals surface area (Å²) in [5.41, 5.74) is 1.55. The highest BCUT2D eigenvalue weighted by atomic mass is 19.1. The summed E-state index contributed by atoms with van der Waals surface area (Å²) < 4.78 is 18.3. The zero-order valence-corrected chi connectivity index (χ0v) is 12.2. The van der Waals surface area contributed by atoms with Gasteiger partial charge >= 0.3 is 0 Å². The van der Waals surface area contributed by atoms with E-state index in [0.29, 0.717) is 24.4 Å². The maximum absolute atomic E-state index is 13.2. The SMILES string of the molecule is Cc1cc(CNC(C)C(=O)NCc2ccco2)ccc1F. The molecule has 2 rings (SSSR count). The zero-order valence-electron chi connectivity index (χ0n) is 12.2. The fourth-order valence-electron chi connectivity index (χ4n) is 1.92. The Balaban J connectivity index is 1.79. The van der Waals surface area contributed by atoms with Crippen molar-refractivity contribution in [3.05, 3.63) is 59.3 Å². The molecule has 4 nitrogen and oxygen atoms in total. The molecule has 0 saturated heterocycles. The Morgan fingerprint density at radius 2 is 2.14 bits per heavy atom. The molecule has 1 aromatic heterocycles. The Labute approximate surface area is 123 Å². The first kappa shape index (κ1) is 15.3. The normalized spacial score (nSPS) is 12.1. The first-order valence-electron chi connectivity index (χ1n) is 6.85. The highest BCUT2D eigenvalue weighted by Crippen LogP contribution is 2.09. The molecule has 1 atom stereocenters. The minimum atomic E-state index is -0.342. The molecule has 2 aromatic rings. The number of amides is 1. The van der Waals surface area contributed by atoms with Crippen molar-refractivity contribution in [1.29, 1.82) is 0 Å². The average Bonchev–Trinajstić information content (AvgIpc) is 2.99. The van der Waals surface area contributed by atoms with Gasteiger partial charge in [0.25, 0.3) is 0 Å². The number of hydrogen-bond acceptors (Lipinski definition) is 3. The summed E-state index contributed by atoms with van der Waals surface area (Å²) in [6, 6.07) is 8.16. The molecule has 0 saturated carbocycles. The van der Waals surface area contributed by atoms with E-state index < -0.39 is 0 Å². The molecule has 0 radical (unpaired) electrons. The first-order valence-corrected chi connectivity index (χ1v) is 6.85. The van der Waals surface area contributed by atoms with Crippen LogP contribution in [0.25, 0.3) is 0 Å². The summed E-state index contributed by atoms with van der Waals surface area (Å²) >= 11 is 0. The van der Waals surface area contributed by atoms with E-state index in [0.717, 1.165) is 5.56 Å². The molecule has 0 aliphatic carbocycles. The molecule has 1 unspecified atom stereocenters. The van der Waals surface area contributed by atoms with Crippen molar-refractivity contribution < 1.29 is 13.6 Å². The quantitative estimate of drug-likeness (QED) is 0.859. The first-order chi connectivity index (χ1) is 10.1. The number of nitrogens with one attached hydrogen (secondary N) is 2. The van der Waals surface area contributed by atoms with E-state index in [4.69, 9.17) is 4.42 Å². The van der Waals surface area contributed by atoms with Crippen LogP contribution >= 0.6 is 0 Å².